The first-order valence-corrected chi connectivity index (χ1v) is 11.0. The Morgan fingerprint density at radius 2 is 1.32 bits per heavy atom. The molecule has 1 heterocycles. The number of para-hydroxylation sites is 2. The van der Waals surface area contributed by atoms with Crippen LogP contribution in [-0.2, 0) is 0 Å². The number of aromatic nitrogens is 2. The summed E-state index contributed by atoms with van der Waals surface area (Å²) in [5.41, 5.74) is 9.22. The van der Waals surface area contributed by atoms with E-state index < -0.39 is 0 Å². The Kier molecular flexibility index (Phi) is 7.98. The standard InChI is InChI=1S/C27H21N9O/c1-37-24-5-3-2-4-23(24)32-25-14-26(35-30-17-21-10-6-19(15-28)7-11-21)34-27(33-25)36-31-18-22-12-8-20(16-29)9-13-22/h2-14,17-18H,1H3,(H3,32,33,34,35,36). The number of hydrazone groups is 2. The second-order valence-electron chi connectivity index (χ2n) is 7.49. The second kappa shape index (κ2) is 12.1. The quantitative estimate of drug-likeness (QED) is 0.224. The molecule has 4 aromatic rings. The van der Waals surface area contributed by atoms with Crippen LogP contribution >= 0.6 is 0 Å². The molecule has 0 bridgehead atoms. The number of methoxy groups -OCH3 is 1. The molecule has 0 atom stereocenters. The molecule has 4 rings (SSSR count). The van der Waals surface area contributed by atoms with E-state index in [2.05, 4.69) is 48.5 Å². The number of nitrogens with one attached hydrogen (secondary N) is 3. The topological polar surface area (TPSA) is 143 Å². The van der Waals surface area contributed by atoms with Gasteiger partial charge in [-0.3, -0.25) is 5.43 Å². The molecular weight excluding hydrogens is 466 g/mol. The van der Waals surface area contributed by atoms with Gasteiger partial charge in [0.25, 0.3) is 0 Å². The van der Waals surface area contributed by atoms with Crippen LogP contribution in [0.25, 0.3) is 0 Å². The van der Waals surface area contributed by atoms with Crippen LogP contribution in [0.1, 0.15) is 22.3 Å². The van der Waals surface area contributed by atoms with Crippen molar-refractivity contribution >= 4 is 35.7 Å². The summed E-state index contributed by atoms with van der Waals surface area (Å²) in [6.07, 6.45) is 3.22. The Morgan fingerprint density at radius 3 is 1.92 bits per heavy atom. The monoisotopic (exact) mass is 487 g/mol. The number of hydrogen-bond acceptors (Lipinski definition) is 10. The normalized spacial score (nSPS) is 10.6. The van der Waals surface area contributed by atoms with E-state index in [-0.39, 0.29) is 5.95 Å². The molecule has 3 N–H and O–H groups in total. The summed E-state index contributed by atoms with van der Waals surface area (Å²) in [4.78, 5) is 8.90. The number of anilines is 4. The highest BCUT2D eigenvalue weighted by Gasteiger charge is 2.08. The lowest BCUT2D eigenvalue weighted by atomic mass is 10.2. The van der Waals surface area contributed by atoms with Crippen molar-refractivity contribution in [3.8, 4) is 17.9 Å². The van der Waals surface area contributed by atoms with Crippen LogP contribution in [0.15, 0.2) is 89.1 Å². The van der Waals surface area contributed by atoms with Gasteiger partial charge < -0.3 is 10.1 Å². The van der Waals surface area contributed by atoms with Crippen LogP contribution in [0.4, 0.5) is 23.3 Å². The van der Waals surface area contributed by atoms with E-state index in [1.807, 2.05) is 24.3 Å². The molecule has 0 aliphatic carbocycles. The van der Waals surface area contributed by atoms with Gasteiger partial charge in [0, 0.05) is 6.07 Å². The summed E-state index contributed by atoms with van der Waals surface area (Å²) in [6, 6.07) is 27.3. The molecule has 3 aromatic carbocycles. The first kappa shape index (κ1) is 24.4. The van der Waals surface area contributed by atoms with Gasteiger partial charge in [0.05, 0.1) is 48.5 Å². The fourth-order valence-electron chi connectivity index (χ4n) is 3.13. The fourth-order valence-corrected chi connectivity index (χ4v) is 3.13. The Bertz CT molecular complexity index is 1410. The molecule has 0 unspecified atom stereocenters. The van der Waals surface area contributed by atoms with Crippen molar-refractivity contribution in [2.45, 2.75) is 0 Å². The average Bonchev–Trinajstić information content (AvgIpc) is 2.94. The number of nitrogens with zero attached hydrogens (tertiary/aromatic N) is 6. The number of nitriles is 2. The maximum absolute atomic E-state index is 8.94. The molecule has 0 aliphatic rings. The summed E-state index contributed by atoms with van der Waals surface area (Å²) >= 11 is 0. The maximum Gasteiger partial charge on any atom is 0.247 e. The van der Waals surface area contributed by atoms with E-state index in [1.54, 1.807) is 74.1 Å². The number of ether oxygens (including phenoxy) is 1. The van der Waals surface area contributed by atoms with Crippen molar-refractivity contribution in [1.82, 2.24) is 9.97 Å². The van der Waals surface area contributed by atoms with Crippen LogP contribution in [0.5, 0.6) is 5.75 Å². The Morgan fingerprint density at radius 1 is 0.757 bits per heavy atom. The molecule has 0 fully saturated rings. The lowest BCUT2D eigenvalue weighted by molar-refractivity contribution is 0.417. The van der Waals surface area contributed by atoms with Crippen LogP contribution < -0.4 is 20.9 Å². The van der Waals surface area contributed by atoms with Crippen molar-refractivity contribution in [3.63, 3.8) is 0 Å². The first-order chi connectivity index (χ1) is 18.2. The van der Waals surface area contributed by atoms with E-state index in [0.717, 1.165) is 16.8 Å². The van der Waals surface area contributed by atoms with Gasteiger partial charge >= 0.3 is 0 Å². The molecule has 0 saturated heterocycles. The summed E-state index contributed by atoms with van der Waals surface area (Å²) in [6.45, 7) is 0. The molecule has 180 valence electrons. The molecule has 10 heteroatoms. The van der Waals surface area contributed by atoms with Crippen LogP contribution in [-0.4, -0.2) is 29.5 Å². The minimum Gasteiger partial charge on any atom is -0.495 e. The highest BCUT2D eigenvalue weighted by atomic mass is 16.5. The zero-order chi connectivity index (χ0) is 25.9. The van der Waals surface area contributed by atoms with Gasteiger partial charge in [0.15, 0.2) is 5.82 Å². The van der Waals surface area contributed by atoms with Crippen LogP contribution in [0.2, 0.25) is 0 Å². The zero-order valence-electron chi connectivity index (χ0n) is 19.8. The van der Waals surface area contributed by atoms with Crippen molar-refractivity contribution in [3.05, 3.63) is 101 Å². The third-order valence-corrected chi connectivity index (χ3v) is 4.95. The average molecular weight is 488 g/mol. The second-order valence-corrected chi connectivity index (χ2v) is 7.49. The number of benzene rings is 3. The highest BCUT2D eigenvalue weighted by molar-refractivity contribution is 5.81. The van der Waals surface area contributed by atoms with Gasteiger partial charge in [0.2, 0.25) is 5.95 Å². The first-order valence-electron chi connectivity index (χ1n) is 11.0. The van der Waals surface area contributed by atoms with E-state index in [1.165, 1.54) is 0 Å². The zero-order valence-corrected chi connectivity index (χ0v) is 19.8. The smallest absolute Gasteiger partial charge is 0.247 e. The van der Waals surface area contributed by atoms with Crippen molar-refractivity contribution in [2.24, 2.45) is 10.2 Å². The van der Waals surface area contributed by atoms with Crippen LogP contribution in [0.3, 0.4) is 0 Å². The molecule has 0 radical (unpaired) electrons. The molecule has 0 amide bonds. The van der Waals surface area contributed by atoms with E-state index >= 15 is 0 Å². The molecule has 37 heavy (non-hydrogen) atoms. The third-order valence-electron chi connectivity index (χ3n) is 4.95. The minimum absolute atomic E-state index is 0.223. The molecule has 0 spiro atoms. The molecule has 0 saturated carbocycles. The maximum atomic E-state index is 8.94. The van der Waals surface area contributed by atoms with Crippen molar-refractivity contribution in [2.75, 3.05) is 23.3 Å². The Labute approximate surface area is 213 Å². The summed E-state index contributed by atoms with van der Waals surface area (Å²) in [7, 11) is 1.59. The molecule has 1 aromatic heterocycles. The molecular formula is C27H21N9O. The van der Waals surface area contributed by atoms with Gasteiger partial charge in [-0.25, -0.2) is 5.43 Å². The predicted octanol–water partition coefficient (Wildman–Crippen LogP) is 4.86. The molecule has 0 aliphatic heterocycles. The van der Waals surface area contributed by atoms with Gasteiger partial charge in [-0.15, -0.1) is 0 Å². The minimum atomic E-state index is 0.223. The van der Waals surface area contributed by atoms with Crippen LogP contribution in [0, 0.1) is 22.7 Å². The lowest BCUT2D eigenvalue weighted by Gasteiger charge is -2.12. The van der Waals surface area contributed by atoms with E-state index in [4.69, 9.17) is 15.3 Å². The fraction of sp³-hybridized carbons (Fsp3) is 0.0370. The largest absolute Gasteiger partial charge is 0.495 e. The number of hydrogen-bond donors (Lipinski definition) is 3. The summed E-state index contributed by atoms with van der Waals surface area (Å²) < 4.78 is 5.41. The van der Waals surface area contributed by atoms with Crippen molar-refractivity contribution < 1.29 is 4.74 Å². The highest BCUT2D eigenvalue weighted by Crippen LogP contribution is 2.27. The van der Waals surface area contributed by atoms with Gasteiger partial charge in [0.1, 0.15) is 11.6 Å². The predicted molar refractivity (Wildman–Crippen MR) is 143 cm³/mol. The summed E-state index contributed by atoms with van der Waals surface area (Å²) in [5.74, 6) is 1.77. The van der Waals surface area contributed by atoms with Gasteiger partial charge in [-0.1, -0.05) is 36.4 Å². The van der Waals surface area contributed by atoms with Crippen molar-refractivity contribution in [1.29, 1.82) is 10.5 Å². The number of rotatable bonds is 9. The van der Waals surface area contributed by atoms with Gasteiger partial charge in [-0.2, -0.15) is 30.7 Å². The summed E-state index contributed by atoms with van der Waals surface area (Å²) in [5, 5.41) is 29.6. The Hall–Kier alpha value is -5.74. The third kappa shape index (κ3) is 6.88. The van der Waals surface area contributed by atoms with E-state index in [9.17, 15) is 0 Å². The van der Waals surface area contributed by atoms with Gasteiger partial charge in [-0.05, 0) is 47.5 Å². The van der Waals surface area contributed by atoms with E-state index in [0.29, 0.717) is 28.5 Å². The lowest BCUT2D eigenvalue weighted by Crippen LogP contribution is -2.04. The SMILES string of the molecule is COc1ccccc1Nc1cc(NN=Cc2ccc(C#N)cc2)nc(NN=Cc2ccc(C#N)cc2)n1. The molecule has 10 nitrogen and oxygen atoms in total. The Balaban J connectivity index is 1.55.